The zero-order valence-electron chi connectivity index (χ0n) is 16.2. The molecule has 0 atom stereocenters. The molecule has 0 saturated heterocycles. The first-order chi connectivity index (χ1) is 13.9. The van der Waals surface area contributed by atoms with E-state index in [1.807, 2.05) is 26.0 Å². The van der Waals surface area contributed by atoms with Crippen molar-refractivity contribution in [1.29, 1.82) is 0 Å². The molecule has 0 saturated carbocycles. The van der Waals surface area contributed by atoms with Crippen LogP contribution in [0.4, 0.5) is 5.69 Å². The number of aromatic nitrogens is 2. The summed E-state index contributed by atoms with van der Waals surface area (Å²) in [5, 5.41) is 3.54. The zero-order chi connectivity index (χ0) is 20.9. The maximum Gasteiger partial charge on any atom is 0.240 e. The van der Waals surface area contributed by atoms with Gasteiger partial charge in [-0.05, 0) is 49.7 Å². The number of carbonyl (C=O) groups is 1. The van der Waals surface area contributed by atoms with E-state index in [2.05, 4.69) is 20.0 Å². The van der Waals surface area contributed by atoms with E-state index >= 15 is 0 Å². The summed E-state index contributed by atoms with van der Waals surface area (Å²) < 4.78 is 27.8. The highest BCUT2D eigenvalue weighted by Crippen LogP contribution is 2.27. The summed E-state index contributed by atoms with van der Waals surface area (Å²) in [6.07, 6.45) is 4.60. The van der Waals surface area contributed by atoms with E-state index in [1.54, 1.807) is 24.5 Å². The molecule has 0 aliphatic heterocycles. The molecule has 2 N–H and O–H groups in total. The maximum atomic E-state index is 12.6. The van der Waals surface area contributed by atoms with Gasteiger partial charge in [0.1, 0.15) is 5.01 Å². The molecule has 3 rings (SSSR count). The molecule has 1 amide bonds. The minimum absolute atomic E-state index is 0.0914. The van der Waals surface area contributed by atoms with E-state index < -0.39 is 10.0 Å². The van der Waals surface area contributed by atoms with Crippen molar-refractivity contribution >= 4 is 33.0 Å². The largest absolute Gasteiger partial charge is 0.326 e. The number of nitrogens with one attached hydrogen (secondary N) is 2. The topological polar surface area (TPSA) is 101 Å². The van der Waals surface area contributed by atoms with Crippen molar-refractivity contribution in [3.05, 3.63) is 59.4 Å². The van der Waals surface area contributed by atoms with Gasteiger partial charge in [-0.25, -0.2) is 18.1 Å². The number of thiazole rings is 1. The number of hydrogen-bond donors (Lipinski definition) is 2. The highest BCUT2D eigenvalue weighted by molar-refractivity contribution is 7.89. The van der Waals surface area contributed by atoms with Gasteiger partial charge in [0.05, 0.1) is 10.6 Å². The van der Waals surface area contributed by atoms with Crippen molar-refractivity contribution in [3.8, 4) is 10.6 Å². The summed E-state index contributed by atoms with van der Waals surface area (Å²) in [6.45, 7) is 3.93. The van der Waals surface area contributed by atoms with Gasteiger partial charge in [-0.3, -0.25) is 9.78 Å². The highest BCUT2D eigenvalue weighted by atomic mass is 32.2. The second-order valence-corrected chi connectivity index (χ2v) is 9.27. The SMILES string of the molecule is CCCC(=O)Nc1ccc(S(=O)(=O)NCc2sc(-c3cccnc3)nc2C)cc1. The number of rotatable bonds is 8. The average Bonchev–Trinajstić information content (AvgIpc) is 3.08. The number of sulfonamides is 1. The molecule has 2 heterocycles. The number of carbonyl (C=O) groups excluding carboxylic acids is 1. The van der Waals surface area contributed by atoms with Crippen LogP contribution >= 0.6 is 11.3 Å². The van der Waals surface area contributed by atoms with Crippen molar-refractivity contribution in [1.82, 2.24) is 14.7 Å². The van der Waals surface area contributed by atoms with Crippen LogP contribution in [0.3, 0.4) is 0 Å². The van der Waals surface area contributed by atoms with Crippen molar-refractivity contribution < 1.29 is 13.2 Å². The highest BCUT2D eigenvalue weighted by Gasteiger charge is 2.16. The molecule has 0 aliphatic rings. The van der Waals surface area contributed by atoms with E-state index in [0.29, 0.717) is 12.1 Å². The van der Waals surface area contributed by atoms with Crippen LogP contribution in [0, 0.1) is 6.92 Å². The molecule has 1 aromatic carbocycles. The molecule has 0 aliphatic carbocycles. The zero-order valence-corrected chi connectivity index (χ0v) is 17.8. The Balaban J connectivity index is 1.67. The summed E-state index contributed by atoms with van der Waals surface area (Å²) in [6, 6.07) is 9.87. The molecule has 0 unspecified atom stereocenters. The first kappa shape index (κ1) is 21.1. The monoisotopic (exact) mass is 430 g/mol. The summed E-state index contributed by atoms with van der Waals surface area (Å²) in [5.41, 5.74) is 2.25. The predicted molar refractivity (Wildman–Crippen MR) is 114 cm³/mol. The lowest BCUT2D eigenvalue weighted by Crippen LogP contribution is -2.23. The smallest absolute Gasteiger partial charge is 0.240 e. The van der Waals surface area contributed by atoms with Gasteiger partial charge in [-0.1, -0.05) is 6.92 Å². The molecule has 29 heavy (non-hydrogen) atoms. The lowest BCUT2D eigenvalue weighted by molar-refractivity contribution is -0.116. The Morgan fingerprint density at radius 1 is 1.17 bits per heavy atom. The number of nitrogens with zero attached hydrogens (tertiary/aromatic N) is 2. The van der Waals surface area contributed by atoms with E-state index in [-0.39, 0.29) is 17.3 Å². The van der Waals surface area contributed by atoms with Gasteiger partial charge in [-0.15, -0.1) is 11.3 Å². The predicted octanol–water partition coefficient (Wildman–Crippen LogP) is 3.73. The quantitative estimate of drug-likeness (QED) is 0.567. The van der Waals surface area contributed by atoms with Crippen LogP contribution in [-0.2, 0) is 21.4 Å². The molecular formula is C20H22N4O3S2. The molecule has 9 heteroatoms. The second kappa shape index (κ2) is 9.25. The molecular weight excluding hydrogens is 408 g/mol. The van der Waals surface area contributed by atoms with Crippen LogP contribution in [0.1, 0.15) is 30.3 Å². The Morgan fingerprint density at radius 2 is 1.93 bits per heavy atom. The lowest BCUT2D eigenvalue weighted by atomic mass is 10.3. The van der Waals surface area contributed by atoms with Gasteiger partial charge in [-0.2, -0.15) is 0 Å². The first-order valence-electron chi connectivity index (χ1n) is 9.15. The van der Waals surface area contributed by atoms with Crippen molar-refractivity contribution in [2.75, 3.05) is 5.32 Å². The molecule has 152 valence electrons. The Kier molecular flexibility index (Phi) is 6.73. The van der Waals surface area contributed by atoms with Gasteiger partial charge in [0.25, 0.3) is 0 Å². The fraction of sp³-hybridized carbons (Fsp3) is 0.250. The minimum Gasteiger partial charge on any atom is -0.326 e. The second-order valence-electron chi connectivity index (χ2n) is 6.42. The van der Waals surface area contributed by atoms with Crippen LogP contribution in [0.25, 0.3) is 10.6 Å². The number of hydrogen-bond acceptors (Lipinski definition) is 6. The molecule has 0 radical (unpaired) electrons. The Hall–Kier alpha value is -2.62. The molecule has 2 aromatic heterocycles. The number of anilines is 1. The third-order valence-corrected chi connectivity index (χ3v) is 6.77. The van der Waals surface area contributed by atoms with Gasteiger partial charge in [0.15, 0.2) is 0 Å². The molecule has 0 fully saturated rings. The van der Waals surface area contributed by atoms with Crippen molar-refractivity contribution in [3.63, 3.8) is 0 Å². The third-order valence-electron chi connectivity index (χ3n) is 4.15. The van der Waals surface area contributed by atoms with Crippen LogP contribution in [0.2, 0.25) is 0 Å². The standard InChI is InChI=1S/C20H22N4O3S2/c1-3-5-19(25)24-16-7-9-17(10-8-16)29(26,27)22-13-18-14(2)23-20(28-18)15-6-4-11-21-12-15/h4,6-12,22H,3,5,13H2,1-2H3,(H,24,25). The van der Waals surface area contributed by atoms with Crippen LogP contribution in [0.15, 0.2) is 53.7 Å². The molecule has 3 aromatic rings. The van der Waals surface area contributed by atoms with E-state index in [4.69, 9.17) is 0 Å². The maximum absolute atomic E-state index is 12.6. The van der Waals surface area contributed by atoms with Crippen molar-refractivity contribution in [2.45, 2.75) is 38.1 Å². The normalized spacial score (nSPS) is 11.4. The molecule has 7 nitrogen and oxygen atoms in total. The molecule has 0 spiro atoms. The fourth-order valence-electron chi connectivity index (χ4n) is 2.62. The van der Waals surface area contributed by atoms with Gasteiger partial charge >= 0.3 is 0 Å². The summed E-state index contributed by atoms with van der Waals surface area (Å²) >= 11 is 1.44. The first-order valence-corrected chi connectivity index (χ1v) is 11.5. The molecule has 0 bridgehead atoms. The van der Waals surface area contributed by atoms with Gasteiger partial charge < -0.3 is 5.32 Å². The lowest BCUT2D eigenvalue weighted by Gasteiger charge is -2.08. The number of pyridine rings is 1. The summed E-state index contributed by atoms with van der Waals surface area (Å²) in [5.74, 6) is -0.0914. The third kappa shape index (κ3) is 5.47. The van der Waals surface area contributed by atoms with Crippen LogP contribution in [-0.4, -0.2) is 24.3 Å². The van der Waals surface area contributed by atoms with Crippen LogP contribution < -0.4 is 10.0 Å². The Morgan fingerprint density at radius 3 is 2.59 bits per heavy atom. The number of aryl methyl sites for hydroxylation is 1. The van der Waals surface area contributed by atoms with Gasteiger partial charge in [0, 0.05) is 41.5 Å². The number of benzene rings is 1. The Bertz CT molecular complexity index is 1080. The van der Waals surface area contributed by atoms with E-state index in [0.717, 1.165) is 27.6 Å². The average molecular weight is 431 g/mol. The summed E-state index contributed by atoms with van der Waals surface area (Å²) in [4.78, 5) is 21.2. The van der Waals surface area contributed by atoms with E-state index in [1.165, 1.54) is 23.5 Å². The fourth-order valence-corrected chi connectivity index (χ4v) is 4.70. The summed E-state index contributed by atoms with van der Waals surface area (Å²) in [7, 11) is -3.68. The minimum atomic E-state index is -3.68. The van der Waals surface area contributed by atoms with Crippen LogP contribution in [0.5, 0.6) is 0 Å². The number of amides is 1. The van der Waals surface area contributed by atoms with Crippen molar-refractivity contribution in [2.24, 2.45) is 0 Å². The van der Waals surface area contributed by atoms with E-state index in [9.17, 15) is 13.2 Å². The van der Waals surface area contributed by atoms with Gasteiger partial charge in [0.2, 0.25) is 15.9 Å². The Labute approximate surface area is 174 Å².